The molecule has 0 aromatic carbocycles. The minimum Gasteiger partial charge on any atom is -0.473 e. The van der Waals surface area contributed by atoms with Crippen LogP contribution in [0.3, 0.4) is 0 Å². The number of ether oxygens (including phenoxy) is 1. The first-order valence-corrected chi connectivity index (χ1v) is 5.50. The Balaban J connectivity index is 3.08. The van der Waals surface area contributed by atoms with Crippen LogP contribution in [0.2, 0.25) is 0 Å². The highest BCUT2D eigenvalue weighted by Crippen LogP contribution is 2.22. The quantitative estimate of drug-likeness (QED) is 0.783. The van der Waals surface area contributed by atoms with Crippen LogP contribution in [0.4, 0.5) is 0 Å². The van der Waals surface area contributed by atoms with Gasteiger partial charge < -0.3 is 4.74 Å². The van der Waals surface area contributed by atoms with Crippen LogP contribution in [0.5, 0.6) is 5.88 Å². The normalized spacial score (nSPS) is 12.3. The third-order valence-electron chi connectivity index (χ3n) is 2.66. The summed E-state index contributed by atoms with van der Waals surface area (Å²) in [5.74, 6) is 0.857. The molecule has 1 heterocycles. The van der Waals surface area contributed by atoms with E-state index in [1.807, 2.05) is 26.8 Å². The van der Waals surface area contributed by atoms with Crippen molar-refractivity contribution in [1.29, 1.82) is 5.26 Å². The first-order chi connectivity index (χ1) is 7.45. The molecule has 16 heavy (non-hydrogen) atoms. The van der Waals surface area contributed by atoms with Crippen molar-refractivity contribution in [2.75, 3.05) is 0 Å². The Hall–Kier alpha value is -1.56. The Kier molecular flexibility index (Phi) is 3.89. The number of nitriles is 1. The molecular weight excluding hydrogens is 200 g/mol. The molecular formula is C13H18N2O. The summed E-state index contributed by atoms with van der Waals surface area (Å²) < 4.78 is 5.73. The molecule has 0 bridgehead atoms. The van der Waals surface area contributed by atoms with Crippen molar-refractivity contribution in [2.24, 2.45) is 5.92 Å². The zero-order valence-electron chi connectivity index (χ0n) is 10.5. The van der Waals surface area contributed by atoms with Crippen molar-refractivity contribution in [3.63, 3.8) is 0 Å². The largest absolute Gasteiger partial charge is 0.473 e. The van der Waals surface area contributed by atoms with E-state index in [-0.39, 0.29) is 6.10 Å². The molecule has 1 unspecified atom stereocenters. The first-order valence-electron chi connectivity index (χ1n) is 5.50. The lowest BCUT2D eigenvalue weighted by Crippen LogP contribution is -2.20. The van der Waals surface area contributed by atoms with E-state index in [0.717, 1.165) is 11.3 Å². The van der Waals surface area contributed by atoms with Crippen LogP contribution >= 0.6 is 0 Å². The molecule has 0 radical (unpaired) electrons. The number of hydrogen-bond donors (Lipinski definition) is 0. The van der Waals surface area contributed by atoms with Crippen LogP contribution in [-0.4, -0.2) is 11.1 Å². The predicted molar refractivity (Wildman–Crippen MR) is 63.4 cm³/mol. The summed E-state index contributed by atoms with van der Waals surface area (Å²) in [7, 11) is 0. The fourth-order valence-corrected chi connectivity index (χ4v) is 1.34. The Bertz CT molecular complexity index is 419. The van der Waals surface area contributed by atoms with Crippen LogP contribution in [0, 0.1) is 31.1 Å². The molecule has 0 aliphatic heterocycles. The smallest absolute Gasteiger partial charge is 0.232 e. The van der Waals surface area contributed by atoms with Gasteiger partial charge in [0.25, 0.3) is 0 Å². The number of pyridine rings is 1. The Morgan fingerprint density at radius 2 is 1.94 bits per heavy atom. The maximum Gasteiger partial charge on any atom is 0.232 e. The number of aryl methyl sites for hydroxylation is 2. The van der Waals surface area contributed by atoms with Crippen LogP contribution < -0.4 is 4.74 Å². The van der Waals surface area contributed by atoms with Gasteiger partial charge in [0, 0.05) is 5.69 Å². The third kappa shape index (κ3) is 2.73. The van der Waals surface area contributed by atoms with E-state index >= 15 is 0 Å². The van der Waals surface area contributed by atoms with Gasteiger partial charge in [-0.05, 0) is 38.3 Å². The third-order valence-corrected chi connectivity index (χ3v) is 2.66. The molecule has 0 amide bonds. The summed E-state index contributed by atoms with van der Waals surface area (Å²) in [6, 6.07) is 4.04. The van der Waals surface area contributed by atoms with Crippen molar-refractivity contribution in [3.8, 4) is 11.9 Å². The first kappa shape index (κ1) is 12.5. The van der Waals surface area contributed by atoms with Gasteiger partial charge in [0.1, 0.15) is 11.6 Å². The van der Waals surface area contributed by atoms with Gasteiger partial charge in [-0.25, -0.2) is 4.98 Å². The monoisotopic (exact) mass is 218 g/mol. The van der Waals surface area contributed by atoms with Gasteiger partial charge in [-0.15, -0.1) is 0 Å². The zero-order chi connectivity index (χ0) is 12.3. The second-order valence-corrected chi connectivity index (χ2v) is 4.44. The number of aromatic nitrogens is 1. The highest BCUT2D eigenvalue weighted by Gasteiger charge is 2.15. The Morgan fingerprint density at radius 3 is 2.44 bits per heavy atom. The summed E-state index contributed by atoms with van der Waals surface area (Å²) in [4.78, 5) is 4.28. The van der Waals surface area contributed by atoms with E-state index in [1.54, 1.807) is 0 Å². The van der Waals surface area contributed by atoms with Gasteiger partial charge in [-0.2, -0.15) is 5.26 Å². The topological polar surface area (TPSA) is 45.9 Å². The van der Waals surface area contributed by atoms with Crippen LogP contribution in [0.25, 0.3) is 0 Å². The molecule has 1 atom stereocenters. The summed E-state index contributed by atoms with van der Waals surface area (Å²) in [6.07, 6.45) is 0.0563. The van der Waals surface area contributed by atoms with Gasteiger partial charge in [0.05, 0.1) is 6.10 Å². The van der Waals surface area contributed by atoms with E-state index in [2.05, 4.69) is 24.9 Å². The molecule has 0 fully saturated rings. The Morgan fingerprint density at radius 1 is 1.31 bits per heavy atom. The molecule has 0 spiro atoms. The average Bonchev–Trinajstić information content (AvgIpc) is 2.16. The van der Waals surface area contributed by atoms with E-state index in [4.69, 9.17) is 10.00 Å². The molecule has 0 N–H and O–H groups in total. The predicted octanol–water partition coefficient (Wildman–Crippen LogP) is 2.99. The van der Waals surface area contributed by atoms with Crippen molar-refractivity contribution >= 4 is 0 Å². The molecule has 0 saturated heterocycles. The lowest BCUT2D eigenvalue weighted by Gasteiger charge is -2.18. The van der Waals surface area contributed by atoms with E-state index in [0.29, 0.717) is 17.4 Å². The number of hydrogen-bond acceptors (Lipinski definition) is 3. The minimum atomic E-state index is 0.0563. The molecule has 86 valence electrons. The van der Waals surface area contributed by atoms with Gasteiger partial charge in [0.15, 0.2) is 0 Å². The van der Waals surface area contributed by atoms with Gasteiger partial charge in [0.2, 0.25) is 5.88 Å². The van der Waals surface area contributed by atoms with Crippen LogP contribution in [0.1, 0.15) is 37.6 Å². The summed E-state index contributed by atoms with van der Waals surface area (Å²) in [5.41, 5.74) is 2.33. The minimum absolute atomic E-state index is 0.0563. The molecule has 3 heteroatoms. The fraction of sp³-hybridized carbons (Fsp3) is 0.538. The zero-order valence-corrected chi connectivity index (χ0v) is 10.5. The van der Waals surface area contributed by atoms with Gasteiger partial charge in [-0.1, -0.05) is 13.8 Å². The summed E-state index contributed by atoms with van der Waals surface area (Å²) in [5, 5.41) is 9.07. The lowest BCUT2D eigenvalue weighted by molar-refractivity contribution is 0.162. The SMILES string of the molecule is Cc1cc(C)c(C#N)c(OC(C)C(C)C)n1. The highest BCUT2D eigenvalue weighted by atomic mass is 16.5. The van der Waals surface area contributed by atoms with E-state index in [9.17, 15) is 0 Å². The second-order valence-electron chi connectivity index (χ2n) is 4.44. The number of rotatable bonds is 3. The maximum atomic E-state index is 9.07. The molecule has 3 nitrogen and oxygen atoms in total. The van der Waals surface area contributed by atoms with Gasteiger partial charge >= 0.3 is 0 Å². The van der Waals surface area contributed by atoms with Crippen LogP contribution in [-0.2, 0) is 0 Å². The maximum absolute atomic E-state index is 9.07. The van der Waals surface area contributed by atoms with Crippen molar-refractivity contribution in [2.45, 2.75) is 40.7 Å². The molecule has 0 aliphatic carbocycles. The molecule has 0 saturated carbocycles. The number of nitrogens with zero attached hydrogens (tertiary/aromatic N) is 2. The standard InChI is InChI=1S/C13H18N2O/c1-8(2)11(5)16-13-12(7-14)9(3)6-10(4)15-13/h6,8,11H,1-5H3. The van der Waals surface area contributed by atoms with E-state index in [1.165, 1.54) is 0 Å². The van der Waals surface area contributed by atoms with E-state index < -0.39 is 0 Å². The molecule has 1 aromatic heterocycles. The molecule has 1 rings (SSSR count). The molecule has 0 aliphatic rings. The summed E-state index contributed by atoms with van der Waals surface area (Å²) in [6.45, 7) is 9.96. The van der Waals surface area contributed by atoms with Crippen molar-refractivity contribution < 1.29 is 4.74 Å². The fourth-order valence-electron chi connectivity index (χ4n) is 1.34. The highest BCUT2D eigenvalue weighted by molar-refractivity contribution is 5.45. The van der Waals surface area contributed by atoms with Gasteiger partial charge in [-0.3, -0.25) is 0 Å². The average molecular weight is 218 g/mol. The molecule has 1 aromatic rings. The van der Waals surface area contributed by atoms with Crippen molar-refractivity contribution in [3.05, 3.63) is 22.9 Å². The Labute approximate surface area is 97.1 Å². The second kappa shape index (κ2) is 4.98. The van der Waals surface area contributed by atoms with Crippen molar-refractivity contribution in [1.82, 2.24) is 4.98 Å². The van der Waals surface area contributed by atoms with Crippen LogP contribution in [0.15, 0.2) is 6.07 Å². The lowest BCUT2D eigenvalue weighted by atomic mass is 10.1. The summed E-state index contributed by atoms with van der Waals surface area (Å²) >= 11 is 0.